The second-order valence-electron chi connectivity index (χ2n) is 3.17. The molecule has 0 amide bonds. The van der Waals surface area contributed by atoms with Crippen LogP contribution in [0.15, 0.2) is 18.7 Å². The fraction of sp³-hybridized carbons (Fsp3) is 0.364. The minimum atomic E-state index is -0.668. The molecule has 0 radical (unpaired) electrons. The van der Waals surface area contributed by atoms with Crippen LogP contribution in [0.1, 0.15) is 31.9 Å². The zero-order valence-electron chi connectivity index (χ0n) is 8.19. The molecule has 1 heterocycles. The lowest BCUT2D eigenvalue weighted by Crippen LogP contribution is -1.96. The molecule has 1 nitrogen and oxygen atoms in total. The molecule has 0 fully saturated rings. The molecule has 3 heteroatoms. The van der Waals surface area contributed by atoms with Gasteiger partial charge >= 0.3 is 0 Å². The van der Waals surface area contributed by atoms with Crippen LogP contribution in [0.25, 0.3) is 5.57 Å². The fourth-order valence-electron chi connectivity index (χ4n) is 1.17. The standard InChI is InChI=1S/C11H13F2N/c1-3-4-5-8(2)11-9(12)6-7-10(13)14-11/h6-7H,2-5H2,1H3. The summed E-state index contributed by atoms with van der Waals surface area (Å²) >= 11 is 0. The Morgan fingerprint density at radius 2 is 2.14 bits per heavy atom. The topological polar surface area (TPSA) is 12.9 Å². The number of hydrogen-bond donors (Lipinski definition) is 0. The first-order valence-corrected chi connectivity index (χ1v) is 4.65. The van der Waals surface area contributed by atoms with Crippen LogP contribution in [0.4, 0.5) is 8.78 Å². The van der Waals surface area contributed by atoms with Crippen molar-refractivity contribution in [3.8, 4) is 0 Å². The highest BCUT2D eigenvalue weighted by atomic mass is 19.1. The summed E-state index contributed by atoms with van der Waals surface area (Å²) in [4.78, 5) is 3.48. The van der Waals surface area contributed by atoms with Crippen molar-refractivity contribution in [2.45, 2.75) is 26.2 Å². The van der Waals surface area contributed by atoms with Crippen molar-refractivity contribution in [2.75, 3.05) is 0 Å². The first-order chi connectivity index (χ1) is 6.65. The van der Waals surface area contributed by atoms with Gasteiger partial charge in [0.05, 0.1) is 0 Å². The maximum Gasteiger partial charge on any atom is 0.213 e. The Morgan fingerprint density at radius 1 is 1.43 bits per heavy atom. The van der Waals surface area contributed by atoms with Crippen molar-refractivity contribution in [3.05, 3.63) is 36.2 Å². The van der Waals surface area contributed by atoms with Crippen LogP contribution in [-0.2, 0) is 0 Å². The molecule has 0 aliphatic heterocycles. The Labute approximate surface area is 82.5 Å². The number of allylic oxidation sites excluding steroid dienone is 1. The van der Waals surface area contributed by atoms with Gasteiger partial charge in [0.15, 0.2) is 0 Å². The lowest BCUT2D eigenvalue weighted by atomic mass is 10.1. The van der Waals surface area contributed by atoms with E-state index in [-0.39, 0.29) is 5.69 Å². The van der Waals surface area contributed by atoms with Gasteiger partial charge in [-0.25, -0.2) is 9.37 Å². The van der Waals surface area contributed by atoms with E-state index in [2.05, 4.69) is 11.6 Å². The molecule has 0 aromatic carbocycles. The van der Waals surface area contributed by atoms with Crippen molar-refractivity contribution in [1.82, 2.24) is 4.98 Å². The summed E-state index contributed by atoms with van der Waals surface area (Å²) < 4.78 is 25.9. The van der Waals surface area contributed by atoms with Crippen molar-refractivity contribution >= 4 is 5.57 Å². The predicted octanol–water partition coefficient (Wildman–Crippen LogP) is 3.56. The van der Waals surface area contributed by atoms with E-state index in [0.717, 1.165) is 25.0 Å². The van der Waals surface area contributed by atoms with Gasteiger partial charge in [-0.2, -0.15) is 4.39 Å². The van der Waals surface area contributed by atoms with Crippen LogP contribution < -0.4 is 0 Å². The number of hydrogen-bond acceptors (Lipinski definition) is 1. The van der Waals surface area contributed by atoms with Gasteiger partial charge in [0.25, 0.3) is 0 Å². The monoisotopic (exact) mass is 197 g/mol. The number of unbranched alkanes of at least 4 members (excludes halogenated alkanes) is 1. The van der Waals surface area contributed by atoms with Crippen LogP contribution >= 0.6 is 0 Å². The average Bonchev–Trinajstić information content (AvgIpc) is 2.18. The molecule has 1 rings (SSSR count). The maximum atomic E-state index is 13.2. The molecule has 0 aliphatic rings. The van der Waals surface area contributed by atoms with Gasteiger partial charge in [-0.15, -0.1) is 0 Å². The Balaban J connectivity index is 2.83. The van der Waals surface area contributed by atoms with Gasteiger partial charge in [0.2, 0.25) is 5.95 Å². The maximum absolute atomic E-state index is 13.2. The zero-order chi connectivity index (χ0) is 10.6. The van der Waals surface area contributed by atoms with E-state index in [0.29, 0.717) is 12.0 Å². The minimum Gasteiger partial charge on any atom is -0.217 e. The van der Waals surface area contributed by atoms with Crippen molar-refractivity contribution in [1.29, 1.82) is 0 Å². The Morgan fingerprint density at radius 3 is 2.79 bits per heavy atom. The fourth-order valence-corrected chi connectivity index (χ4v) is 1.17. The molecule has 14 heavy (non-hydrogen) atoms. The van der Waals surface area contributed by atoms with Gasteiger partial charge in [-0.1, -0.05) is 19.9 Å². The van der Waals surface area contributed by atoms with Gasteiger partial charge in [0.1, 0.15) is 11.5 Å². The first-order valence-electron chi connectivity index (χ1n) is 4.65. The Hall–Kier alpha value is -1.25. The van der Waals surface area contributed by atoms with Gasteiger partial charge in [0, 0.05) is 0 Å². The van der Waals surface area contributed by atoms with Crippen molar-refractivity contribution in [3.63, 3.8) is 0 Å². The van der Waals surface area contributed by atoms with Crippen LogP contribution in [0.3, 0.4) is 0 Å². The average molecular weight is 197 g/mol. The number of nitrogens with zero attached hydrogens (tertiary/aromatic N) is 1. The van der Waals surface area contributed by atoms with Gasteiger partial charge in [-0.3, -0.25) is 0 Å². The summed E-state index contributed by atoms with van der Waals surface area (Å²) in [5.41, 5.74) is 0.613. The van der Waals surface area contributed by atoms with Crippen molar-refractivity contribution in [2.24, 2.45) is 0 Å². The smallest absolute Gasteiger partial charge is 0.213 e. The molecule has 0 saturated carbocycles. The number of rotatable bonds is 4. The van der Waals surface area contributed by atoms with E-state index in [4.69, 9.17) is 0 Å². The second kappa shape index (κ2) is 4.84. The highest BCUT2D eigenvalue weighted by Crippen LogP contribution is 2.19. The minimum absolute atomic E-state index is 0.0541. The van der Waals surface area contributed by atoms with Gasteiger partial charge < -0.3 is 0 Å². The number of pyridine rings is 1. The third-order valence-corrected chi connectivity index (χ3v) is 1.98. The van der Waals surface area contributed by atoms with Crippen LogP contribution in [-0.4, -0.2) is 4.98 Å². The molecular weight excluding hydrogens is 184 g/mol. The number of aromatic nitrogens is 1. The van der Waals surface area contributed by atoms with E-state index >= 15 is 0 Å². The summed E-state index contributed by atoms with van der Waals surface area (Å²) in [5.74, 6) is -1.17. The van der Waals surface area contributed by atoms with Gasteiger partial charge in [-0.05, 0) is 30.5 Å². The summed E-state index contributed by atoms with van der Waals surface area (Å²) in [7, 11) is 0. The molecule has 76 valence electrons. The Bertz CT molecular complexity index is 334. The predicted molar refractivity (Wildman–Crippen MR) is 52.7 cm³/mol. The zero-order valence-corrected chi connectivity index (χ0v) is 8.19. The summed E-state index contributed by atoms with van der Waals surface area (Å²) in [6, 6.07) is 2.08. The molecule has 0 unspecified atom stereocenters. The summed E-state index contributed by atoms with van der Waals surface area (Å²) in [5, 5.41) is 0. The highest BCUT2D eigenvalue weighted by molar-refractivity contribution is 5.60. The molecule has 0 saturated heterocycles. The molecule has 0 atom stereocenters. The van der Waals surface area contributed by atoms with E-state index in [9.17, 15) is 8.78 Å². The lowest BCUT2D eigenvalue weighted by molar-refractivity contribution is 0.555. The van der Waals surface area contributed by atoms with Crippen LogP contribution in [0.5, 0.6) is 0 Å². The molecular formula is C11H13F2N. The van der Waals surface area contributed by atoms with Crippen molar-refractivity contribution < 1.29 is 8.78 Å². The quantitative estimate of drug-likeness (QED) is 0.672. The van der Waals surface area contributed by atoms with E-state index in [1.54, 1.807) is 0 Å². The van der Waals surface area contributed by atoms with E-state index in [1.165, 1.54) is 0 Å². The Kier molecular flexibility index (Phi) is 3.74. The highest BCUT2D eigenvalue weighted by Gasteiger charge is 2.08. The second-order valence-corrected chi connectivity index (χ2v) is 3.17. The molecule has 1 aromatic rings. The van der Waals surface area contributed by atoms with Crippen LogP contribution in [0.2, 0.25) is 0 Å². The number of halogens is 2. The third-order valence-electron chi connectivity index (χ3n) is 1.98. The SMILES string of the molecule is C=C(CCCC)c1nc(F)ccc1F. The largest absolute Gasteiger partial charge is 0.217 e. The molecule has 0 aliphatic carbocycles. The first kappa shape index (κ1) is 10.8. The molecule has 1 aromatic heterocycles. The molecule has 0 spiro atoms. The summed E-state index contributed by atoms with van der Waals surface area (Å²) in [6.45, 7) is 5.73. The van der Waals surface area contributed by atoms with Crippen LogP contribution in [0, 0.1) is 11.8 Å². The lowest BCUT2D eigenvalue weighted by Gasteiger charge is -2.04. The molecule has 0 N–H and O–H groups in total. The third kappa shape index (κ3) is 2.62. The summed E-state index contributed by atoms with van der Waals surface area (Å²) in [6.07, 6.45) is 2.57. The molecule has 0 bridgehead atoms. The normalized spacial score (nSPS) is 10.2. The van der Waals surface area contributed by atoms with E-state index in [1.807, 2.05) is 6.92 Å². The van der Waals surface area contributed by atoms with E-state index < -0.39 is 11.8 Å².